The molecule has 0 aliphatic rings. The van der Waals surface area contributed by atoms with E-state index < -0.39 is 12.2 Å². The Morgan fingerprint density at radius 2 is 1.57 bits per heavy atom. The molecule has 6 nitrogen and oxygen atoms in total. The second-order valence-electron chi connectivity index (χ2n) is 2.18. The van der Waals surface area contributed by atoms with E-state index in [9.17, 15) is 9.59 Å². The van der Waals surface area contributed by atoms with E-state index in [0.717, 1.165) is 0 Å². The number of hydrogen-bond acceptors (Lipinski definition) is 4. The minimum absolute atomic E-state index is 0.0952. The van der Waals surface area contributed by atoms with Crippen LogP contribution in [-0.4, -0.2) is 12.2 Å². The number of ether oxygens (including phenoxy) is 2. The number of carbonyl (C=O) groups excluding carboxylic acids is 2. The van der Waals surface area contributed by atoms with Crippen molar-refractivity contribution in [2.75, 3.05) is 0 Å². The number of nitrogens with zero attached hydrogens (tertiary/aromatic N) is 2. The van der Waals surface area contributed by atoms with Gasteiger partial charge < -0.3 is 9.47 Å². The molecular formula is C8H9N2O4+. The van der Waals surface area contributed by atoms with E-state index in [1.165, 1.54) is 6.92 Å². The molecule has 0 radical (unpaired) electrons. The van der Waals surface area contributed by atoms with Gasteiger partial charge in [0.1, 0.15) is 0 Å². The molecular weight excluding hydrogens is 188 g/mol. The first-order valence-electron chi connectivity index (χ1n) is 3.43. The van der Waals surface area contributed by atoms with Gasteiger partial charge in [0.2, 0.25) is 0 Å². The predicted octanol–water partition coefficient (Wildman–Crippen LogP) is 2.59. The number of amides is 2. The Balaban J connectivity index is 4.04. The average molecular weight is 197 g/mol. The third-order valence-electron chi connectivity index (χ3n) is 0.706. The average Bonchev–Trinajstić information content (AvgIpc) is 1.98. The third kappa shape index (κ3) is 6.59. The van der Waals surface area contributed by atoms with Crippen LogP contribution in [0.15, 0.2) is 34.9 Å². The van der Waals surface area contributed by atoms with Crippen molar-refractivity contribution >= 4 is 12.2 Å². The largest absolute Gasteiger partial charge is 0.460 e. The quantitative estimate of drug-likeness (QED) is 0.387. The van der Waals surface area contributed by atoms with Gasteiger partial charge in [-0.3, -0.25) is 0 Å². The van der Waals surface area contributed by atoms with Gasteiger partial charge in [0.15, 0.2) is 0 Å². The Labute approximate surface area is 80.9 Å². The lowest BCUT2D eigenvalue weighted by Crippen LogP contribution is -1.98. The lowest BCUT2D eigenvalue weighted by atomic mass is 10.7. The summed E-state index contributed by atoms with van der Waals surface area (Å²) in [4.78, 5) is 21.3. The molecule has 0 spiro atoms. The summed E-state index contributed by atoms with van der Waals surface area (Å²) in [5, 5.41) is 5.74. The van der Waals surface area contributed by atoms with Gasteiger partial charge in [-0.05, 0) is 6.92 Å². The molecule has 6 heteroatoms. The van der Waals surface area contributed by atoms with Crippen LogP contribution in [0.25, 0.3) is 0 Å². The molecule has 0 atom stereocenters. The van der Waals surface area contributed by atoms with E-state index >= 15 is 0 Å². The Morgan fingerprint density at radius 3 is 1.93 bits per heavy atom. The van der Waals surface area contributed by atoms with Crippen LogP contribution in [0.4, 0.5) is 9.59 Å². The molecule has 14 heavy (non-hydrogen) atoms. The lowest BCUT2D eigenvalue weighted by molar-refractivity contribution is 0.178. The summed E-state index contributed by atoms with van der Waals surface area (Å²) < 4.78 is 8.64. The van der Waals surface area contributed by atoms with Crippen molar-refractivity contribution in [2.45, 2.75) is 6.92 Å². The van der Waals surface area contributed by atoms with Crippen molar-refractivity contribution in [3.8, 4) is 0 Å². The number of hydrogen-bond donors (Lipinski definition) is 0. The summed E-state index contributed by atoms with van der Waals surface area (Å²) in [7, 11) is 0. The van der Waals surface area contributed by atoms with Gasteiger partial charge in [0.25, 0.3) is 5.76 Å². The second kappa shape index (κ2) is 5.52. The fourth-order valence-electron chi connectivity index (χ4n) is 0.395. The first kappa shape index (κ1) is 11.9. The molecule has 0 N–H and O–H groups in total. The first-order valence-corrected chi connectivity index (χ1v) is 3.43. The molecule has 0 saturated carbocycles. The fraction of sp³-hybridized carbons (Fsp3) is 0.125. The normalized spacial score (nSPS) is 9.50. The number of rotatable bonds is 2. The van der Waals surface area contributed by atoms with Crippen molar-refractivity contribution in [2.24, 2.45) is 10.2 Å². The SMILES string of the molecule is C=C([CH2+])OC(=O)N=NC(=O)OC(=C)C. The Morgan fingerprint density at radius 1 is 1.14 bits per heavy atom. The van der Waals surface area contributed by atoms with Crippen LogP contribution >= 0.6 is 0 Å². The molecule has 74 valence electrons. The zero-order valence-electron chi connectivity index (χ0n) is 7.65. The van der Waals surface area contributed by atoms with Gasteiger partial charge in [-0.15, -0.1) is 0 Å². The molecule has 0 aliphatic heterocycles. The van der Waals surface area contributed by atoms with Crippen LogP contribution in [0.5, 0.6) is 0 Å². The van der Waals surface area contributed by atoms with E-state index in [4.69, 9.17) is 0 Å². The zero-order valence-corrected chi connectivity index (χ0v) is 7.65. The highest BCUT2D eigenvalue weighted by Gasteiger charge is 2.06. The molecule has 0 rings (SSSR count). The number of azo groups is 1. The van der Waals surface area contributed by atoms with Gasteiger partial charge >= 0.3 is 12.2 Å². The van der Waals surface area contributed by atoms with Gasteiger partial charge in [0, 0.05) is 0 Å². The number of allylic oxidation sites excluding steroid dienone is 2. The molecule has 0 aromatic rings. The minimum Gasteiger partial charge on any atom is -0.413 e. The maximum absolute atomic E-state index is 10.7. The lowest BCUT2D eigenvalue weighted by Gasteiger charge is -1.94. The van der Waals surface area contributed by atoms with Crippen LogP contribution in [0, 0.1) is 6.92 Å². The van der Waals surface area contributed by atoms with Gasteiger partial charge in [-0.25, -0.2) is 9.59 Å². The van der Waals surface area contributed by atoms with Crippen LogP contribution < -0.4 is 0 Å². The van der Waals surface area contributed by atoms with Gasteiger partial charge in [-0.2, -0.15) is 0 Å². The molecule has 0 unspecified atom stereocenters. The Hall–Kier alpha value is -2.11. The second-order valence-corrected chi connectivity index (χ2v) is 2.18. The zero-order chi connectivity index (χ0) is 11.1. The summed E-state index contributed by atoms with van der Waals surface area (Å²) in [6, 6.07) is 0. The van der Waals surface area contributed by atoms with Crippen molar-refractivity contribution in [3.63, 3.8) is 0 Å². The van der Waals surface area contributed by atoms with E-state index in [0.29, 0.717) is 0 Å². The van der Waals surface area contributed by atoms with E-state index in [-0.39, 0.29) is 11.5 Å². The molecule has 0 bridgehead atoms. The summed E-state index contributed by atoms with van der Waals surface area (Å²) >= 11 is 0. The molecule has 0 aromatic heterocycles. The fourth-order valence-corrected chi connectivity index (χ4v) is 0.395. The standard InChI is InChI=1S/C8H9N2O4/c1-5(2)13-7(11)9-10-8(12)14-6(3)4/h1-3H2,4H3/q+1. The van der Waals surface area contributed by atoms with Crippen molar-refractivity contribution in [1.82, 2.24) is 0 Å². The van der Waals surface area contributed by atoms with E-state index in [1.807, 2.05) is 0 Å². The summed E-state index contributed by atoms with van der Waals surface area (Å²) in [6.07, 6.45) is -2.15. The topological polar surface area (TPSA) is 77.3 Å². The highest BCUT2D eigenvalue weighted by atomic mass is 16.6. The first-order chi connectivity index (χ1) is 6.41. The third-order valence-corrected chi connectivity index (χ3v) is 0.706. The molecule has 0 fully saturated rings. The van der Waals surface area contributed by atoms with Crippen LogP contribution in [-0.2, 0) is 9.47 Å². The summed E-state index contributed by atoms with van der Waals surface area (Å²) in [5.74, 6) is 0.0473. The molecule has 0 aliphatic carbocycles. The monoisotopic (exact) mass is 197 g/mol. The Bertz CT molecular complexity index is 276. The van der Waals surface area contributed by atoms with Gasteiger partial charge in [0.05, 0.1) is 19.3 Å². The van der Waals surface area contributed by atoms with E-state index in [2.05, 4.69) is 39.8 Å². The number of carbonyl (C=O) groups is 2. The molecule has 0 saturated heterocycles. The molecule has 0 heterocycles. The predicted molar refractivity (Wildman–Crippen MR) is 47.1 cm³/mol. The smallest absolute Gasteiger partial charge is 0.413 e. The van der Waals surface area contributed by atoms with Crippen molar-refractivity contribution in [3.05, 3.63) is 31.6 Å². The van der Waals surface area contributed by atoms with Crippen molar-refractivity contribution in [1.29, 1.82) is 0 Å². The summed E-state index contributed by atoms with van der Waals surface area (Å²) in [6.45, 7) is 11.1. The minimum atomic E-state index is -1.09. The maximum atomic E-state index is 10.7. The molecule has 2 amide bonds. The van der Waals surface area contributed by atoms with Gasteiger partial charge in [-0.1, -0.05) is 16.8 Å². The Kier molecular flexibility index (Phi) is 4.69. The molecule has 0 aromatic carbocycles. The maximum Gasteiger partial charge on any atom is 0.460 e. The van der Waals surface area contributed by atoms with E-state index in [1.54, 1.807) is 0 Å². The highest BCUT2D eigenvalue weighted by molar-refractivity contribution is 5.74. The summed E-state index contributed by atoms with van der Waals surface area (Å²) in [5.41, 5.74) is 0. The van der Waals surface area contributed by atoms with Crippen LogP contribution in [0.2, 0.25) is 0 Å². The van der Waals surface area contributed by atoms with Crippen molar-refractivity contribution < 1.29 is 19.1 Å². The van der Waals surface area contributed by atoms with Crippen LogP contribution in [0.3, 0.4) is 0 Å². The highest BCUT2D eigenvalue weighted by Crippen LogP contribution is 1.97. The van der Waals surface area contributed by atoms with Crippen LogP contribution in [0.1, 0.15) is 6.92 Å².